The summed E-state index contributed by atoms with van der Waals surface area (Å²) in [6, 6.07) is 11.1. The molecule has 0 saturated heterocycles. The number of hydrogen-bond donors (Lipinski definition) is 0. The Morgan fingerprint density at radius 1 is 1.11 bits per heavy atom. The van der Waals surface area contributed by atoms with Crippen molar-refractivity contribution in [2.45, 2.75) is 0 Å². The Balaban J connectivity index is 2.30. The number of benzene rings is 2. The molecule has 2 rings (SSSR count). The highest BCUT2D eigenvalue weighted by atomic mass is 79.9. The number of anilines is 1. The van der Waals surface area contributed by atoms with Gasteiger partial charge in [0, 0.05) is 21.7 Å². The standard InChI is InChI=1S/C14H10Br2FNO/c1-18(11-5-3-10(17)4-6-11)14(19)12-7-2-9(15)8-13(12)16/h2-8H,1H3. The quantitative estimate of drug-likeness (QED) is 0.736. The molecule has 0 atom stereocenters. The van der Waals surface area contributed by atoms with E-state index < -0.39 is 0 Å². The van der Waals surface area contributed by atoms with Crippen LogP contribution in [0.25, 0.3) is 0 Å². The number of nitrogens with zero attached hydrogens (tertiary/aromatic N) is 1. The third-order valence-corrected chi connectivity index (χ3v) is 3.83. The monoisotopic (exact) mass is 385 g/mol. The zero-order chi connectivity index (χ0) is 14.0. The van der Waals surface area contributed by atoms with Crippen molar-refractivity contribution in [2.24, 2.45) is 0 Å². The van der Waals surface area contributed by atoms with E-state index in [1.54, 1.807) is 31.3 Å². The van der Waals surface area contributed by atoms with Gasteiger partial charge in [0.05, 0.1) is 5.56 Å². The van der Waals surface area contributed by atoms with Crippen molar-refractivity contribution in [1.82, 2.24) is 0 Å². The van der Waals surface area contributed by atoms with Crippen molar-refractivity contribution >= 4 is 43.5 Å². The maximum Gasteiger partial charge on any atom is 0.259 e. The lowest BCUT2D eigenvalue weighted by Gasteiger charge is -2.18. The second-order valence-electron chi connectivity index (χ2n) is 3.96. The smallest absolute Gasteiger partial charge is 0.259 e. The minimum absolute atomic E-state index is 0.161. The Morgan fingerprint density at radius 3 is 2.32 bits per heavy atom. The Bertz CT molecular complexity index is 613. The van der Waals surface area contributed by atoms with Crippen molar-refractivity contribution < 1.29 is 9.18 Å². The zero-order valence-electron chi connectivity index (χ0n) is 10.0. The first-order valence-corrected chi connectivity index (χ1v) is 7.06. The van der Waals surface area contributed by atoms with Gasteiger partial charge >= 0.3 is 0 Å². The molecule has 2 aromatic rings. The lowest BCUT2D eigenvalue weighted by molar-refractivity contribution is 0.0992. The first kappa shape index (κ1) is 14.2. The largest absolute Gasteiger partial charge is 0.311 e. The van der Waals surface area contributed by atoms with Gasteiger partial charge in [-0.25, -0.2) is 4.39 Å². The molecule has 98 valence electrons. The summed E-state index contributed by atoms with van der Waals surface area (Å²) in [6.45, 7) is 0. The van der Waals surface area contributed by atoms with E-state index in [1.807, 2.05) is 6.07 Å². The van der Waals surface area contributed by atoms with Crippen molar-refractivity contribution in [3.05, 3.63) is 62.8 Å². The molecule has 0 fully saturated rings. The van der Waals surface area contributed by atoms with Crippen LogP contribution in [0, 0.1) is 5.82 Å². The molecule has 0 unspecified atom stereocenters. The molecule has 1 amide bonds. The van der Waals surface area contributed by atoms with Crippen LogP contribution < -0.4 is 4.90 Å². The van der Waals surface area contributed by atoms with E-state index in [0.717, 1.165) is 4.47 Å². The average molecular weight is 387 g/mol. The van der Waals surface area contributed by atoms with E-state index in [1.165, 1.54) is 17.0 Å². The highest BCUT2D eigenvalue weighted by Gasteiger charge is 2.16. The van der Waals surface area contributed by atoms with Gasteiger partial charge in [-0.1, -0.05) is 15.9 Å². The molecule has 0 heterocycles. The third kappa shape index (κ3) is 3.22. The van der Waals surface area contributed by atoms with Crippen LogP contribution in [0.15, 0.2) is 51.4 Å². The number of halogens is 3. The van der Waals surface area contributed by atoms with Crippen molar-refractivity contribution in [3.63, 3.8) is 0 Å². The van der Waals surface area contributed by atoms with Crippen LogP contribution in [0.5, 0.6) is 0 Å². The van der Waals surface area contributed by atoms with Gasteiger partial charge in [0.15, 0.2) is 0 Å². The molecular weight excluding hydrogens is 377 g/mol. The van der Waals surface area contributed by atoms with Crippen LogP contribution >= 0.6 is 31.9 Å². The molecule has 0 spiro atoms. The van der Waals surface area contributed by atoms with Crippen LogP contribution in [0.3, 0.4) is 0 Å². The third-order valence-electron chi connectivity index (χ3n) is 2.68. The van der Waals surface area contributed by atoms with Gasteiger partial charge < -0.3 is 4.90 Å². The Labute approximate surface area is 127 Å². The van der Waals surface area contributed by atoms with E-state index in [4.69, 9.17) is 0 Å². The molecule has 0 aliphatic carbocycles. The van der Waals surface area contributed by atoms with Gasteiger partial charge in [-0.05, 0) is 58.4 Å². The molecule has 0 aliphatic heterocycles. The number of hydrogen-bond acceptors (Lipinski definition) is 1. The molecule has 0 aliphatic rings. The van der Waals surface area contributed by atoms with Crippen molar-refractivity contribution in [1.29, 1.82) is 0 Å². The normalized spacial score (nSPS) is 10.3. The fraction of sp³-hybridized carbons (Fsp3) is 0.0714. The van der Waals surface area contributed by atoms with Gasteiger partial charge in [0.25, 0.3) is 5.91 Å². The highest BCUT2D eigenvalue weighted by molar-refractivity contribution is 9.11. The van der Waals surface area contributed by atoms with Gasteiger partial charge in [0.2, 0.25) is 0 Å². The number of carbonyl (C=O) groups is 1. The molecule has 0 saturated carbocycles. The summed E-state index contributed by atoms with van der Waals surface area (Å²) >= 11 is 6.70. The summed E-state index contributed by atoms with van der Waals surface area (Å²) in [5.41, 5.74) is 1.19. The van der Waals surface area contributed by atoms with Gasteiger partial charge in [0.1, 0.15) is 5.82 Å². The van der Waals surface area contributed by atoms with E-state index in [2.05, 4.69) is 31.9 Å². The SMILES string of the molecule is CN(C(=O)c1ccc(Br)cc1Br)c1ccc(F)cc1. The van der Waals surface area contributed by atoms with Gasteiger partial charge in [-0.15, -0.1) is 0 Å². The number of rotatable bonds is 2. The second kappa shape index (κ2) is 5.84. The Hall–Kier alpha value is -1.20. The van der Waals surface area contributed by atoms with E-state index in [-0.39, 0.29) is 11.7 Å². The molecular formula is C14H10Br2FNO. The molecule has 0 radical (unpaired) electrons. The van der Waals surface area contributed by atoms with Crippen molar-refractivity contribution in [3.8, 4) is 0 Å². The number of carbonyl (C=O) groups excluding carboxylic acids is 1. The average Bonchev–Trinajstić information content (AvgIpc) is 2.38. The fourth-order valence-electron chi connectivity index (χ4n) is 1.63. The molecule has 0 N–H and O–H groups in total. The molecule has 2 nitrogen and oxygen atoms in total. The van der Waals surface area contributed by atoms with Gasteiger partial charge in [-0.2, -0.15) is 0 Å². The summed E-state index contributed by atoms with van der Waals surface area (Å²) in [4.78, 5) is 13.8. The minimum Gasteiger partial charge on any atom is -0.311 e. The molecule has 0 aromatic heterocycles. The van der Waals surface area contributed by atoms with E-state index in [9.17, 15) is 9.18 Å². The molecule has 0 bridgehead atoms. The summed E-state index contributed by atoms with van der Waals surface area (Å²) < 4.78 is 14.5. The molecule has 2 aromatic carbocycles. The topological polar surface area (TPSA) is 20.3 Å². The zero-order valence-corrected chi connectivity index (χ0v) is 13.2. The van der Waals surface area contributed by atoms with Crippen LogP contribution in [0.1, 0.15) is 10.4 Å². The fourth-order valence-corrected chi connectivity index (χ4v) is 2.84. The highest BCUT2D eigenvalue weighted by Crippen LogP contribution is 2.24. The summed E-state index contributed by atoms with van der Waals surface area (Å²) in [5, 5.41) is 0. The van der Waals surface area contributed by atoms with E-state index in [0.29, 0.717) is 15.7 Å². The maximum absolute atomic E-state index is 12.9. The second-order valence-corrected chi connectivity index (χ2v) is 5.73. The Kier molecular flexibility index (Phi) is 4.37. The van der Waals surface area contributed by atoms with E-state index >= 15 is 0 Å². The van der Waals surface area contributed by atoms with Crippen molar-refractivity contribution in [2.75, 3.05) is 11.9 Å². The predicted molar refractivity (Wildman–Crippen MR) is 81.0 cm³/mol. The number of amides is 1. The molecule has 19 heavy (non-hydrogen) atoms. The predicted octanol–water partition coefficient (Wildman–Crippen LogP) is 4.63. The lowest BCUT2D eigenvalue weighted by Crippen LogP contribution is -2.26. The molecule has 5 heteroatoms. The van der Waals surface area contributed by atoms with Crippen LogP contribution in [0.2, 0.25) is 0 Å². The maximum atomic E-state index is 12.9. The first-order chi connectivity index (χ1) is 8.99. The summed E-state index contributed by atoms with van der Waals surface area (Å²) in [6.07, 6.45) is 0. The summed E-state index contributed by atoms with van der Waals surface area (Å²) in [5.74, 6) is -0.486. The van der Waals surface area contributed by atoms with Crippen LogP contribution in [-0.4, -0.2) is 13.0 Å². The van der Waals surface area contributed by atoms with Crippen LogP contribution in [0.4, 0.5) is 10.1 Å². The van der Waals surface area contributed by atoms with Crippen LogP contribution in [-0.2, 0) is 0 Å². The lowest BCUT2D eigenvalue weighted by atomic mass is 10.2. The Morgan fingerprint density at radius 2 is 1.74 bits per heavy atom. The first-order valence-electron chi connectivity index (χ1n) is 5.47. The van der Waals surface area contributed by atoms with Gasteiger partial charge in [-0.3, -0.25) is 4.79 Å². The minimum atomic E-state index is -0.325. The summed E-state index contributed by atoms with van der Waals surface area (Å²) in [7, 11) is 1.66.